The van der Waals surface area contributed by atoms with Gasteiger partial charge in [-0.3, -0.25) is 9.59 Å². The maximum Gasteiger partial charge on any atom is 0.329 e. The molecule has 0 heterocycles. The molecule has 5 nitrogen and oxygen atoms in total. The fraction of sp³-hybridized carbons (Fsp3) is 0.471. The van der Waals surface area contributed by atoms with Crippen molar-refractivity contribution in [3.8, 4) is 0 Å². The summed E-state index contributed by atoms with van der Waals surface area (Å²) in [6, 6.07) is 5.43. The third-order valence-electron chi connectivity index (χ3n) is 4.00. The van der Waals surface area contributed by atoms with Crippen molar-refractivity contribution >= 4 is 17.7 Å². The van der Waals surface area contributed by atoms with E-state index in [-0.39, 0.29) is 25.0 Å². The van der Waals surface area contributed by atoms with Crippen LogP contribution in [-0.4, -0.2) is 28.3 Å². The van der Waals surface area contributed by atoms with Gasteiger partial charge in [-0.15, -0.1) is 0 Å². The number of nitrogens with one attached hydrogen (secondary N) is 1. The second-order valence-electron chi connectivity index (χ2n) is 5.76. The largest absolute Gasteiger partial charge is 0.480 e. The van der Waals surface area contributed by atoms with Gasteiger partial charge in [-0.25, -0.2) is 4.79 Å². The van der Waals surface area contributed by atoms with Crippen LogP contribution in [0.4, 0.5) is 0 Å². The van der Waals surface area contributed by atoms with Crippen molar-refractivity contribution in [2.75, 3.05) is 0 Å². The van der Waals surface area contributed by atoms with Crippen LogP contribution in [-0.2, 0) is 9.59 Å². The summed E-state index contributed by atoms with van der Waals surface area (Å²) in [6.45, 7) is 7.04. The summed E-state index contributed by atoms with van der Waals surface area (Å²) in [6.07, 6.45) is 0.321. The number of hydrogen-bond donors (Lipinski definition) is 2. The molecule has 0 saturated heterocycles. The summed E-state index contributed by atoms with van der Waals surface area (Å²) in [4.78, 5) is 35.1. The first-order chi connectivity index (χ1) is 10.2. The molecule has 2 N–H and O–H groups in total. The van der Waals surface area contributed by atoms with Gasteiger partial charge < -0.3 is 10.4 Å². The van der Waals surface area contributed by atoms with Gasteiger partial charge in [0.05, 0.1) is 0 Å². The van der Waals surface area contributed by atoms with E-state index in [1.807, 2.05) is 26.0 Å². The molecule has 1 aromatic rings. The molecule has 0 radical (unpaired) electrons. The van der Waals surface area contributed by atoms with Crippen molar-refractivity contribution in [3.63, 3.8) is 0 Å². The van der Waals surface area contributed by atoms with Crippen LogP contribution in [0, 0.1) is 13.8 Å². The van der Waals surface area contributed by atoms with Gasteiger partial charge in [0.1, 0.15) is 5.54 Å². The Morgan fingerprint density at radius 2 is 1.77 bits per heavy atom. The predicted molar refractivity (Wildman–Crippen MR) is 84.0 cm³/mol. The third kappa shape index (κ3) is 4.41. The molecule has 1 aromatic carbocycles. The number of carbonyl (C=O) groups excluding carboxylic acids is 2. The SMILES string of the molecule is CCC(C)(NC(=O)CCC(=O)c1ccc(C)c(C)c1)C(=O)O. The molecule has 0 aliphatic rings. The minimum atomic E-state index is -1.29. The van der Waals surface area contributed by atoms with E-state index in [9.17, 15) is 14.4 Å². The van der Waals surface area contributed by atoms with E-state index in [4.69, 9.17) is 5.11 Å². The average molecular weight is 305 g/mol. The monoisotopic (exact) mass is 305 g/mol. The summed E-state index contributed by atoms with van der Waals surface area (Å²) in [7, 11) is 0. The number of aryl methyl sites for hydroxylation is 2. The summed E-state index contributed by atoms with van der Waals surface area (Å²) < 4.78 is 0. The smallest absolute Gasteiger partial charge is 0.329 e. The van der Waals surface area contributed by atoms with Crippen molar-refractivity contribution in [1.29, 1.82) is 0 Å². The number of carboxylic acid groups (broad SMARTS) is 1. The molecule has 1 unspecified atom stereocenters. The van der Waals surface area contributed by atoms with E-state index in [0.717, 1.165) is 11.1 Å². The standard InChI is InChI=1S/C17H23NO4/c1-5-17(4,16(21)22)18-15(20)9-8-14(19)13-7-6-11(2)12(3)10-13/h6-7,10H,5,8-9H2,1-4H3,(H,18,20)(H,21,22). The molecule has 1 atom stereocenters. The normalized spacial score (nSPS) is 13.3. The van der Waals surface area contributed by atoms with Gasteiger partial charge in [0.2, 0.25) is 5.91 Å². The minimum absolute atomic E-state index is 0.0192. The molecule has 0 aliphatic carbocycles. The topological polar surface area (TPSA) is 83.5 Å². The Morgan fingerprint density at radius 3 is 2.27 bits per heavy atom. The number of Topliss-reactive ketones (excluding diaryl/α,β-unsaturated/α-hetero) is 1. The summed E-state index contributed by atoms with van der Waals surface area (Å²) in [5.74, 6) is -1.63. The number of carbonyl (C=O) groups is 3. The maximum absolute atomic E-state index is 12.1. The molecule has 5 heteroatoms. The Bertz CT molecular complexity index is 594. The van der Waals surface area contributed by atoms with Gasteiger partial charge in [0.25, 0.3) is 0 Å². The molecule has 0 aromatic heterocycles. The minimum Gasteiger partial charge on any atom is -0.480 e. The molecule has 0 saturated carbocycles. The highest BCUT2D eigenvalue weighted by Gasteiger charge is 2.32. The molecule has 1 amide bonds. The molecule has 0 bridgehead atoms. The van der Waals surface area contributed by atoms with Gasteiger partial charge in [-0.2, -0.15) is 0 Å². The lowest BCUT2D eigenvalue weighted by Gasteiger charge is -2.24. The third-order valence-corrected chi connectivity index (χ3v) is 4.00. The van der Waals surface area contributed by atoms with Gasteiger partial charge in [0, 0.05) is 18.4 Å². The zero-order chi connectivity index (χ0) is 16.9. The van der Waals surface area contributed by atoms with Crippen LogP contribution in [0.5, 0.6) is 0 Å². The number of amides is 1. The van der Waals surface area contributed by atoms with Crippen LogP contribution in [0.3, 0.4) is 0 Å². The molecular weight excluding hydrogens is 282 g/mol. The highest BCUT2D eigenvalue weighted by Crippen LogP contribution is 2.13. The molecule has 22 heavy (non-hydrogen) atoms. The highest BCUT2D eigenvalue weighted by atomic mass is 16.4. The van der Waals surface area contributed by atoms with Crippen LogP contribution in [0.2, 0.25) is 0 Å². The van der Waals surface area contributed by atoms with Crippen molar-refractivity contribution in [3.05, 3.63) is 34.9 Å². The van der Waals surface area contributed by atoms with E-state index in [2.05, 4.69) is 5.32 Å². The Morgan fingerprint density at radius 1 is 1.14 bits per heavy atom. The van der Waals surface area contributed by atoms with Crippen molar-refractivity contribution in [2.24, 2.45) is 0 Å². The highest BCUT2D eigenvalue weighted by molar-refractivity contribution is 5.98. The van der Waals surface area contributed by atoms with Crippen LogP contribution >= 0.6 is 0 Å². The Labute approximate surface area is 130 Å². The zero-order valence-corrected chi connectivity index (χ0v) is 13.5. The lowest BCUT2D eigenvalue weighted by atomic mass is 9.98. The zero-order valence-electron chi connectivity index (χ0n) is 13.5. The number of aliphatic carboxylic acids is 1. The van der Waals surface area contributed by atoms with Crippen molar-refractivity contribution in [2.45, 2.75) is 52.5 Å². The van der Waals surface area contributed by atoms with Crippen LogP contribution in [0.15, 0.2) is 18.2 Å². The van der Waals surface area contributed by atoms with Crippen LogP contribution in [0.25, 0.3) is 0 Å². The van der Waals surface area contributed by atoms with E-state index >= 15 is 0 Å². The predicted octanol–water partition coefficient (Wildman–Crippen LogP) is 2.64. The van der Waals surface area contributed by atoms with E-state index in [0.29, 0.717) is 5.56 Å². The fourth-order valence-corrected chi connectivity index (χ4v) is 1.95. The molecular formula is C17H23NO4. The van der Waals surface area contributed by atoms with Gasteiger partial charge in [0.15, 0.2) is 5.78 Å². The van der Waals surface area contributed by atoms with Crippen molar-refractivity contribution < 1.29 is 19.5 Å². The number of ketones is 1. The first-order valence-electron chi connectivity index (χ1n) is 7.34. The Balaban J connectivity index is 2.62. The maximum atomic E-state index is 12.1. The van der Waals surface area contributed by atoms with E-state index in [1.54, 1.807) is 13.0 Å². The lowest BCUT2D eigenvalue weighted by Crippen LogP contribution is -2.51. The Kier molecular flexibility index (Phi) is 5.85. The molecule has 120 valence electrons. The quantitative estimate of drug-likeness (QED) is 0.759. The molecule has 0 spiro atoms. The summed E-state index contributed by atoms with van der Waals surface area (Å²) in [5.41, 5.74) is 1.42. The van der Waals surface area contributed by atoms with E-state index < -0.39 is 17.4 Å². The fourth-order valence-electron chi connectivity index (χ4n) is 1.95. The Hall–Kier alpha value is -2.17. The molecule has 0 aliphatic heterocycles. The lowest BCUT2D eigenvalue weighted by molar-refractivity contribution is -0.147. The first-order valence-corrected chi connectivity index (χ1v) is 7.34. The molecule has 1 rings (SSSR count). The average Bonchev–Trinajstić information content (AvgIpc) is 2.47. The molecule has 0 fully saturated rings. The number of carboxylic acids is 1. The number of hydrogen-bond acceptors (Lipinski definition) is 3. The second kappa shape index (κ2) is 7.20. The first kappa shape index (κ1) is 17.9. The number of benzene rings is 1. The number of rotatable bonds is 7. The van der Waals surface area contributed by atoms with Gasteiger partial charge in [-0.1, -0.05) is 19.1 Å². The van der Waals surface area contributed by atoms with Gasteiger partial charge in [-0.05, 0) is 44.4 Å². The van der Waals surface area contributed by atoms with Crippen LogP contribution in [0.1, 0.15) is 54.6 Å². The van der Waals surface area contributed by atoms with Crippen LogP contribution < -0.4 is 5.32 Å². The van der Waals surface area contributed by atoms with E-state index in [1.165, 1.54) is 6.92 Å². The summed E-state index contributed by atoms with van der Waals surface area (Å²) in [5, 5.41) is 11.6. The summed E-state index contributed by atoms with van der Waals surface area (Å²) >= 11 is 0. The van der Waals surface area contributed by atoms with Crippen molar-refractivity contribution in [1.82, 2.24) is 5.32 Å². The van der Waals surface area contributed by atoms with Gasteiger partial charge >= 0.3 is 5.97 Å². The second-order valence-corrected chi connectivity index (χ2v) is 5.76.